The zero-order valence-electron chi connectivity index (χ0n) is 11.8. The van der Waals surface area contributed by atoms with Gasteiger partial charge in [-0.2, -0.15) is 0 Å². The Morgan fingerprint density at radius 2 is 2.29 bits per heavy atom. The molecule has 1 atom stereocenters. The van der Waals surface area contributed by atoms with Crippen LogP contribution >= 0.6 is 24.0 Å². The Kier molecular flexibility index (Phi) is 5.14. The number of rotatable bonds is 1. The smallest absolute Gasteiger partial charge is 0.253 e. The van der Waals surface area contributed by atoms with Gasteiger partial charge in [0, 0.05) is 36.3 Å². The van der Waals surface area contributed by atoms with Crippen molar-refractivity contribution < 1.29 is 9.53 Å². The highest BCUT2D eigenvalue weighted by atomic mass is 35.5. The molecule has 1 amide bonds. The van der Waals surface area contributed by atoms with Crippen molar-refractivity contribution in [2.75, 3.05) is 26.2 Å². The standard InChI is InChI=1S/C15H17ClN2O2.ClH/c1-10-8-17-4-5-18(10)15(19)12-6-11-7-13(16)2-3-14(11)20-9-12;/h2-3,6-7,10,17H,4-5,8-9H2,1H3;1H/t10-;/m0./s1. The lowest BCUT2D eigenvalue weighted by Gasteiger charge is -2.35. The first-order valence-corrected chi connectivity index (χ1v) is 7.17. The summed E-state index contributed by atoms with van der Waals surface area (Å²) in [7, 11) is 0. The molecule has 1 aromatic carbocycles. The molecule has 1 saturated heterocycles. The maximum absolute atomic E-state index is 12.6. The van der Waals surface area contributed by atoms with Crippen molar-refractivity contribution in [2.45, 2.75) is 13.0 Å². The van der Waals surface area contributed by atoms with Crippen LogP contribution in [-0.2, 0) is 4.79 Å². The summed E-state index contributed by atoms with van der Waals surface area (Å²) in [4.78, 5) is 14.5. The molecule has 0 spiro atoms. The molecular weight excluding hydrogens is 311 g/mol. The first kappa shape index (κ1) is 16.1. The van der Waals surface area contributed by atoms with Crippen LogP contribution in [0, 0.1) is 0 Å². The number of benzene rings is 1. The number of nitrogens with zero attached hydrogens (tertiary/aromatic N) is 1. The van der Waals surface area contributed by atoms with Gasteiger partial charge >= 0.3 is 0 Å². The van der Waals surface area contributed by atoms with Crippen LogP contribution in [0.25, 0.3) is 6.08 Å². The largest absolute Gasteiger partial charge is 0.488 e. The number of carbonyl (C=O) groups excluding carboxylic acids is 1. The maximum atomic E-state index is 12.6. The predicted octanol–water partition coefficient (Wildman–Crippen LogP) is 2.36. The van der Waals surface area contributed by atoms with Crippen molar-refractivity contribution in [3.8, 4) is 5.75 Å². The van der Waals surface area contributed by atoms with E-state index in [9.17, 15) is 4.79 Å². The summed E-state index contributed by atoms with van der Waals surface area (Å²) in [5.74, 6) is 0.837. The van der Waals surface area contributed by atoms with E-state index < -0.39 is 0 Å². The minimum absolute atomic E-state index is 0. The minimum atomic E-state index is 0. The normalized spacial score (nSPS) is 20.8. The Bertz CT molecular complexity index is 575. The van der Waals surface area contributed by atoms with Gasteiger partial charge < -0.3 is 15.0 Å². The number of hydrogen-bond acceptors (Lipinski definition) is 3. The fraction of sp³-hybridized carbons (Fsp3) is 0.400. The summed E-state index contributed by atoms with van der Waals surface area (Å²) < 4.78 is 5.65. The number of ether oxygens (including phenoxy) is 1. The number of nitrogens with one attached hydrogen (secondary N) is 1. The molecule has 0 unspecified atom stereocenters. The summed E-state index contributed by atoms with van der Waals surface area (Å²) in [5, 5.41) is 3.93. The topological polar surface area (TPSA) is 41.6 Å². The molecule has 1 aromatic rings. The predicted molar refractivity (Wildman–Crippen MR) is 86.2 cm³/mol. The molecule has 3 rings (SSSR count). The van der Waals surface area contributed by atoms with Crippen molar-refractivity contribution in [1.29, 1.82) is 0 Å². The van der Waals surface area contributed by atoms with Crippen LogP contribution in [0.5, 0.6) is 5.75 Å². The minimum Gasteiger partial charge on any atom is -0.488 e. The molecule has 21 heavy (non-hydrogen) atoms. The quantitative estimate of drug-likeness (QED) is 0.860. The van der Waals surface area contributed by atoms with Gasteiger partial charge in [-0.3, -0.25) is 4.79 Å². The molecule has 6 heteroatoms. The number of carbonyl (C=O) groups is 1. The summed E-state index contributed by atoms with van der Waals surface area (Å²) in [5.41, 5.74) is 1.56. The first-order valence-electron chi connectivity index (χ1n) is 6.80. The third kappa shape index (κ3) is 3.34. The highest BCUT2D eigenvalue weighted by Gasteiger charge is 2.27. The van der Waals surface area contributed by atoms with Crippen molar-refractivity contribution in [1.82, 2.24) is 10.2 Å². The molecule has 114 valence electrons. The van der Waals surface area contributed by atoms with Gasteiger partial charge in [0.2, 0.25) is 0 Å². The Morgan fingerprint density at radius 1 is 1.48 bits per heavy atom. The second kappa shape index (κ2) is 6.69. The molecule has 2 heterocycles. The van der Waals surface area contributed by atoms with Gasteiger partial charge in [0.15, 0.2) is 0 Å². The van der Waals surface area contributed by atoms with Crippen molar-refractivity contribution in [3.05, 3.63) is 34.4 Å². The van der Waals surface area contributed by atoms with Gasteiger partial charge in [0.1, 0.15) is 12.4 Å². The van der Waals surface area contributed by atoms with Gasteiger partial charge in [-0.15, -0.1) is 12.4 Å². The summed E-state index contributed by atoms with van der Waals surface area (Å²) in [6, 6.07) is 5.66. The van der Waals surface area contributed by atoms with E-state index in [0.29, 0.717) is 17.2 Å². The average molecular weight is 329 g/mol. The Labute approximate surface area is 135 Å². The van der Waals surface area contributed by atoms with E-state index in [-0.39, 0.29) is 24.4 Å². The van der Waals surface area contributed by atoms with Crippen molar-refractivity contribution in [3.63, 3.8) is 0 Å². The molecule has 0 saturated carbocycles. The van der Waals surface area contributed by atoms with Crippen LogP contribution < -0.4 is 10.1 Å². The second-order valence-electron chi connectivity index (χ2n) is 5.19. The monoisotopic (exact) mass is 328 g/mol. The van der Waals surface area contributed by atoms with Gasteiger partial charge in [-0.25, -0.2) is 0 Å². The van der Waals surface area contributed by atoms with E-state index >= 15 is 0 Å². The van der Waals surface area contributed by atoms with E-state index in [0.717, 1.165) is 30.9 Å². The maximum Gasteiger partial charge on any atom is 0.253 e. The van der Waals surface area contributed by atoms with Crippen molar-refractivity contribution in [2.24, 2.45) is 0 Å². The van der Waals surface area contributed by atoms with Crippen LogP contribution in [0.4, 0.5) is 0 Å². The van der Waals surface area contributed by atoms with E-state index in [4.69, 9.17) is 16.3 Å². The lowest BCUT2D eigenvalue weighted by atomic mass is 10.1. The van der Waals surface area contributed by atoms with Gasteiger partial charge in [0.05, 0.1) is 5.57 Å². The average Bonchev–Trinajstić information content (AvgIpc) is 2.46. The highest BCUT2D eigenvalue weighted by molar-refractivity contribution is 6.30. The van der Waals surface area contributed by atoms with Gasteiger partial charge in [-0.05, 0) is 31.2 Å². The van der Waals surface area contributed by atoms with Crippen LogP contribution in [0.15, 0.2) is 23.8 Å². The molecule has 0 aliphatic carbocycles. The Morgan fingerprint density at radius 3 is 3.05 bits per heavy atom. The highest BCUT2D eigenvalue weighted by Crippen LogP contribution is 2.29. The number of piperazine rings is 1. The van der Waals surface area contributed by atoms with Crippen LogP contribution in [0.3, 0.4) is 0 Å². The van der Waals surface area contributed by atoms with E-state index in [2.05, 4.69) is 12.2 Å². The number of halogens is 2. The van der Waals surface area contributed by atoms with Crippen LogP contribution in [0.2, 0.25) is 5.02 Å². The number of hydrogen-bond donors (Lipinski definition) is 1. The van der Waals surface area contributed by atoms with E-state index in [1.165, 1.54) is 0 Å². The second-order valence-corrected chi connectivity index (χ2v) is 5.63. The van der Waals surface area contributed by atoms with Crippen molar-refractivity contribution >= 4 is 36.0 Å². The summed E-state index contributed by atoms with van der Waals surface area (Å²) in [6.07, 6.45) is 1.89. The number of amides is 1. The van der Waals surface area contributed by atoms with Gasteiger partial charge in [-0.1, -0.05) is 11.6 Å². The third-order valence-corrected chi connectivity index (χ3v) is 3.96. The zero-order chi connectivity index (χ0) is 14.1. The molecule has 0 radical (unpaired) electrons. The Balaban J connectivity index is 0.00000161. The lowest BCUT2D eigenvalue weighted by molar-refractivity contribution is -0.130. The molecule has 2 aliphatic rings. The molecule has 0 aromatic heterocycles. The van der Waals surface area contributed by atoms with E-state index in [1.54, 1.807) is 6.07 Å². The molecular formula is C15H18Cl2N2O2. The molecule has 4 nitrogen and oxygen atoms in total. The van der Waals surface area contributed by atoms with Crippen LogP contribution in [0.1, 0.15) is 12.5 Å². The van der Waals surface area contributed by atoms with Gasteiger partial charge in [0.25, 0.3) is 5.91 Å². The SMILES string of the molecule is C[C@H]1CNCCN1C(=O)C1=Cc2cc(Cl)ccc2OC1.Cl. The van der Waals surface area contributed by atoms with Crippen LogP contribution in [-0.4, -0.2) is 43.1 Å². The molecule has 2 aliphatic heterocycles. The lowest BCUT2D eigenvalue weighted by Crippen LogP contribution is -2.53. The number of fused-ring (bicyclic) bond motifs is 1. The summed E-state index contributed by atoms with van der Waals surface area (Å²) in [6.45, 7) is 4.79. The first-order chi connectivity index (χ1) is 9.65. The fourth-order valence-electron chi connectivity index (χ4n) is 2.60. The summed E-state index contributed by atoms with van der Waals surface area (Å²) >= 11 is 5.99. The van der Waals surface area contributed by atoms with E-state index in [1.807, 2.05) is 23.1 Å². The molecule has 1 N–H and O–H groups in total. The Hall–Kier alpha value is -1.23. The fourth-order valence-corrected chi connectivity index (χ4v) is 2.78. The molecule has 0 bridgehead atoms. The third-order valence-electron chi connectivity index (χ3n) is 3.72. The zero-order valence-corrected chi connectivity index (χ0v) is 13.3. The molecule has 1 fully saturated rings.